The molecule has 6 nitrogen and oxygen atoms in total. The molecule has 1 aromatic rings. The van der Waals surface area contributed by atoms with Crippen molar-refractivity contribution in [1.29, 1.82) is 0 Å². The summed E-state index contributed by atoms with van der Waals surface area (Å²) in [5, 5.41) is 5.39. The Labute approximate surface area is 137 Å². The molecule has 7 heteroatoms. The van der Waals surface area contributed by atoms with Crippen molar-refractivity contribution in [2.45, 2.75) is 26.3 Å². The molecular weight excluding hydrogens is 352 g/mol. The Hall–Kier alpha value is -1.76. The number of carbonyl (C=O) groups is 2. The summed E-state index contributed by atoms with van der Waals surface area (Å²) in [7, 11) is 0. The van der Waals surface area contributed by atoms with Crippen LogP contribution in [0.5, 0.6) is 11.5 Å². The fourth-order valence-corrected chi connectivity index (χ4v) is 2.75. The van der Waals surface area contributed by atoms with Crippen molar-refractivity contribution in [2.75, 3.05) is 19.8 Å². The molecule has 0 saturated carbocycles. The van der Waals surface area contributed by atoms with Crippen molar-refractivity contribution < 1.29 is 19.1 Å². The Morgan fingerprint density at radius 1 is 1.23 bits per heavy atom. The summed E-state index contributed by atoms with van der Waals surface area (Å²) < 4.78 is 11.9. The van der Waals surface area contributed by atoms with Crippen molar-refractivity contribution >= 4 is 27.7 Å². The molecule has 0 saturated heterocycles. The fourth-order valence-electron chi connectivity index (χ4n) is 2.09. The topological polar surface area (TPSA) is 76.7 Å². The van der Waals surface area contributed by atoms with Gasteiger partial charge >= 0.3 is 0 Å². The van der Waals surface area contributed by atoms with Crippen molar-refractivity contribution in [3.63, 3.8) is 0 Å². The zero-order valence-corrected chi connectivity index (χ0v) is 14.2. The van der Waals surface area contributed by atoms with E-state index in [0.717, 1.165) is 10.0 Å². The van der Waals surface area contributed by atoms with Gasteiger partial charge in [0.1, 0.15) is 13.2 Å². The number of ether oxygens (including phenoxy) is 2. The molecule has 0 aliphatic carbocycles. The first-order valence-corrected chi connectivity index (χ1v) is 7.95. The standard InChI is InChI=1S/C15H19BrN2O4/c1-3-14(19)17-8-15(20)18-9(2)10-6-12-13(7-11(10)16)22-5-4-21-12/h6-7,9H,3-5,8H2,1-2H3,(H,17,19)(H,18,20)/t9-/m1/s1. The molecule has 0 spiro atoms. The maximum Gasteiger partial charge on any atom is 0.239 e. The quantitative estimate of drug-likeness (QED) is 0.829. The summed E-state index contributed by atoms with van der Waals surface area (Å²) in [6.45, 7) is 4.62. The van der Waals surface area contributed by atoms with Crippen LogP contribution in [0.2, 0.25) is 0 Å². The highest BCUT2D eigenvalue weighted by atomic mass is 79.9. The number of carbonyl (C=O) groups excluding carboxylic acids is 2. The van der Waals surface area contributed by atoms with Gasteiger partial charge in [-0.05, 0) is 24.6 Å². The average molecular weight is 371 g/mol. The first kappa shape index (κ1) is 16.6. The van der Waals surface area contributed by atoms with Crippen LogP contribution >= 0.6 is 15.9 Å². The van der Waals surface area contributed by atoms with E-state index in [9.17, 15) is 9.59 Å². The normalized spacial score (nSPS) is 14.1. The Balaban J connectivity index is 2.01. The largest absolute Gasteiger partial charge is 0.486 e. The highest BCUT2D eigenvalue weighted by Crippen LogP contribution is 2.37. The van der Waals surface area contributed by atoms with Gasteiger partial charge in [0.15, 0.2) is 11.5 Å². The molecule has 120 valence electrons. The number of nitrogens with one attached hydrogen (secondary N) is 2. The number of benzene rings is 1. The van der Waals surface area contributed by atoms with E-state index in [1.165, 1.54) is 0 Å². The lowest BCUT2D eigenvalue weighted by atomic mass is 10.1. The number of hydrogen-bond donors (Lipinski definition) is 2. The summed E-state index contributed by atoms with van der Waals surface area (Å²) in [5.41, 5.74) is 0.888. The third-order valence-electron chi connectivity index (χ3n) is 3.27. The molecule has 1 aromatic carbocycles. The minimum absolute atomic E-state index is 0.0286. The second kappa shape index (κ2) is 7.49. The van der Waals surface area contributed by atoms with E-state index in [1.54, 1.807) is 6.92 Å². The van der Waals surface area contributed by atoms with E-state index in [2.05, 4.69) is 26.6 Å². The molecule has 0 fully saturated rings. The van der Waals surface area contributed by atoms with Crippen molar-refractivity contribution in [3.8, 4) is 11.5 Å². The van der Waals surface area contributed by atoms with Crippen LogP contribution in [0.4, 0.5) is 0 Å². The fraction of sp³-hybridized carbons (Fsp3) is 0.467. The summed E-state index contributed by atoms with van der Waals surface area (Å²) >= 11 is 3.48. The van der Waals surface area contributed by atoms with Crippen LogP contribution in [0.15, 0.2) is 16.6 Å². The second-order valence-electron chi connectivity index (χ2n) is 4.94. The predicted octanol–water partition coefficient (Wildman–Crippen LogP) is 1.92. The lowest BCUT2D eigenvalue weighted by Crippen LogP contribution is -2.37. The predicted molar refractivity (Wildman–Crippen MR) is 85.0 cm³/mol. The van der Waals surface area contributed by atoms with Gasteiger partial charge in [-0.3, -0.25) is 9.59 Å². The molecule has 2 amide bonds. The third-order valence-corrected chi connectivity index (χ3v) is 3.96. The minimum Gasteiger partial charge on any atom is -0.486 e. The highest BCUT2D eigenvalue weighted by molar-refractivity contribution is 9.10. The maximum atomic E-state index is 11.9. The molecule has 0 aromatic heterocycles. The minimum atomic E-state index is -0.240. The van der Waals surface area contributed by atoms with Gasteiger partial charge in [-0.2, -0.15) is 0 Å². The maximum absolute atomic E-state index is 11.9. The highest BCUT2D eigenvalue weighted by Gasteiger charge is 2.19. The lowest BCUT2D eigenvalue weighted by molar-refractivity contribution is -0.126. The number of fused-ring (bicyclic) bond motifs is 1. The van der Waals surface area contributed by atoms with Gasteiger partial charge in [0.05, 0.1) is 12.6 Å². The molecule has 2 N–H and O–H groups in total. The van der Waals surface area contributed by atoms with Gasteiger partial charge in [0, 0.05) is 10.9 Å². The monoisotopic (exact) mass is 370 g/mol. The molecule has 1 aliphatic heterocycles. The Morgan fingerprint density at radius 2 is 1.86 bits per heavy atom. The van der Waals surface area contributed by atoms with Crippen LogP contribution in [0.3, 0.4) is 0 Å². The summed E-state index contributed by atoms with van der Waals surface area (Å²) in [6.07, 6.45) is 0.358. The second-order valence-corrected chi connectivity index (χ2v) is 5.79. The van der Waals surface area contributed by atoms with E-state index in [1.807, 2.05) is 19.1 Å². The summed E-state index contributed by atoms with van der Waals surface area (Å²) in [5.74, 6) is 0.972. The molecule has 0 bridgehead atoms. The molecule has 0 radical (unpaired) electrons. The zero-order valence-electron chi connectivity index (χ0n) is 12.6. The lowest BCUT2D eigenvalue weighted by Gasteiger charge is -2.22. The zero-order chi connectivity index (χ0) is 16.1. The van der Waals surface area contributed by atoms with Crippen LogP contribution in [-0.2, 0) is 9.59 Å². The average Bonchev–Trinajstić information content (AvgIpc) is 2.51. The molecule has 2 rings (SSSR count). The van der Waals surface area contributed by atoms with Gasteiger partial charge in [0.25, 0.3) is 0 Å². The SMILES string of the molecule is CCC(=O)NCC(=O)N[C@H](C)c1cc2c(cc1Br)OCCO2. The summed E-state index contributed by atoms with van der Waals surface area (Å²) in [4.78, 5) is 23.0. The van der Waals surface area contributed by atoms with Gasteiger partial charge in [-0.25, -0.2) is 0 Å². The third kappa shape index (κ3) is 4.13. The van der Waals surface area contributed by atoms with Crippen LogP contribution in [0.25, 0.3) is 0 Å². The van der Waals surface area contributed by atoms with Crippen molar-refractivity contribution in [2.24, 2.45) is 0 Å². The van der Waals surface area contributed by atoms with E-state index < -0.39 is 0 Å². The number of hydrogen-bond acceptors (Lipinski definition) is 4. The van der Waals surface area contributed by atoms with Crippen molar-refractivity contribution in [1.82, 2.24) is 10.6 Å². The molecule has 22 heavy (non-hydrogen) atoms. The number of halogens is 1. The van der Waals surface area contributed by atoms with Gasteiger partial charge in [0.2, 0.25) is 11.8 Å². The van der Waals surface area contributed by atoms with E-state index in [4.69, 9.17) is 9.47 Å². The number of rotatable bonds is 5. The van der Waals surface area contributed by atoms with E-state index >= 15 is 0 Å². The molecule has 1 atom stereocenters. The first-order valence-electron chi connectivity index (χ1n) is 7.16. The van der Waals surface area contributed by atoms with Crippen molar-refractivity contribution in [3.05, 3.63) is 22.2 Å². The molecule has 0 unspecified atom stereocenters. The Bertz CT molecular complexity index is 577. The smallest absolute Gasteiger partial charge is 0.239 e. The van der Waals surface area contributed by atoms with E-state index in [0.29, 0.717) is 31.1 Å². The van der Waals surface area contributed by atoms with Crippen LogP contribution in [-0.4, -0.2) is 31.6 Å². The Morgan fingerprint density at radius 3 is 2.50 bits per heavy atom. The van der Waals surface area contributed by atoms with Gasteiger partial charge in [-0.1, -0.05) is 22.9 Å². The molecule has 1 aliphatic rings. The van der Waals surface area contributed by atoms with Crippen LogP contribution in [0.1, 0.15) is 31.9 Å². The van der Waals surface area contributed by atoms with E-state index in [-0.39, 0.29) is 24.4 Å². The van der Waals surface area contributed by atoms with Gasteiger partial charge in [-0.15, -0.1) is 0 Å². The molecular formula is C15H19BrN2O4. The summed E-state index contributed by atoms with van der Waals surface area (Å²) in [6, 6.07) is 3.47. The van der Waals surface area contributed by atoms with Gasteiger partial charge < -0.3 is 20.1 Å². The Kier molecular flexibility index (Phi) is 5.65. The molecule has 1 heterocycles. The van der Waals surface area contributed by atoms with Crippen LogP contribution < -0.4 is 20.1 Å². The van der Waals surface area contributed by atoms with Crippen LogP contribution in [0, 0.1) is 0 Å². The number of amides is 2. The first-order chi connectivity index (χ1) is 10.5.